The quantitative estimate of drug-likeness (QED) is 0.394. The number of carbonyl (C=O) groups is 4. The number of ketones is 2. The zero-order valence-corrected chi connectivity index (χ0v) is 16.5. The lowest BCUT2D eigenvalue weighted by Crippen LogP contribution is -2.29. The minimum Gasteiger partial charge on any atom is -0.465 e. The molecular weight excluding hydrogens is 398 g/mol. The molecule has 2 aromatic carbocycles. The zero-order chi connectivity index (χ0) is 22.0. The van der Waals surface area contributed by atoms with Gasteiger partial charge in [-0.3, -0.25) is 14.4 Å². The van der Waals surface area contributed by atoms with Crippen LogP contribution >= 0.6 is 0 Å². The maximum Gasteiger partial charge on any atom is 0.331 e. The molecule has 1 aromatic heterocycles. The van der Waals surface area contributed by atoms with Crippen LogP contribution in [0.25, 0.3) is 6.08 Å². The van der Waals surface area contributed by atoms with Gasteiger partial charge in [-0.05, 0) is 43.3 Å². The highest BCUT2D eigenvalue weighted by Gasteiger charge is 2.29. The van der Waals surface area contributed by atoms with Crippen LogP contribution in [0.5, 0.6) is 0 Å². The van der Waals surface area contributed by atoms with Crippen LogP contribution in [0.2, 0.25) is 0 Å². The first-order chi connectivity index (χ1) is 14.9. The van der Waals surface area contributed by atoms with Gasteiger partial charge in [0.05, 0.1) is 6.26 Å². The van der Waals surface area contributed by atoms with Gasteiger partial charge in [0.15, 0.2) is 17.7 Å². The van der Waals surface area contributed by atoms with Gasteiger partial charge in [-0.2, -0.15) is 0 Å². The van der Waals surface area contributed by atoms with E-state index in [4.69, 9.17) is 9.15 Å². The standard InChI is InChI=1S/C24H17NO6/c1-14(31-21(26)11-9-16-5-4-12-30-16)24(29)25-15-8-10-19-20(13-15)23(28)18-7-3-2-6-17(18)22(19)27/h2-14H,1H3,(H,25,29)/b11-9+/t14-/m0/s1. The third kappa shape index (κ3) is 4.06. The van der Waals surface area contributed by atoms with Crippen molar-refractivity contribution in [3.05, 3.63) is 95.0 Å². The maximum absolute atomic E-state index is 12.8. The first-order valence-electron chi connectivity index (χ1n) is 9.49. The average Bonchev–Trinajstić information content (AvgIpc) is 3.30. The molecule has 1 heterocycles. The van der Waals surface area contributed by atoms with Crippen LogP contribution in [-0.2, 0) is 14.3 Å². The fourth-order valence-corrected chi connectivity index (χ4v) is 3.22. The summed E-state index contributed by atoms with van der Waals surface area (Å²) in [6, 6.07) is 14.4. The molecule has 0 unspecified atom stereocenters. The van der Waals surface area contributed by atoms with Gasteiger partial charge in [-0.25, -0.2) is 4.79 Å². The van der Waals surface area contributed by atoms with Crippen molar-refractivity contribution in [2.75, 3.05) is 5.32 Å². The molecule has 0 saturated heterocycles. The number of hydrogen-bond acceptors (Lipinski definition) is 6. The predicted octanol–water partition coefficient (Wildman–Crippen LogP) is 3.64. The van der Waals surface area contributed by atoms with Gasteiger partial charge in [0, 0.05) is 34.0 Å². The number of rotatable bonds is 5. The van der Waals surface area contributed by atoms with Crippen molar-refractivity contribution >= 4 is 35.2 Å². The van der Waals surface area contributed by atoms with Crippen LogP contribution in [0.4, 0.5) is 5.69 Å². The molecule has 154 valence electrons. The van der Waals surface area contributed by atoms with Crippen molar-refractivity contribution < 1.29 is 28.3 Å². The van der Waals surface area contributed by atoms with E-state index in [-0.39, 0.29) is 22.7 Å². The van der Waals surface area contributed by atoms with Crippen LogP contribution in [0, 0.1) is 0 Å². The van der Waals surface area contributed by atoms with Crippen molar-refractivity contribution in [3.8, 4) is 0 Å². The molecule has 0 spiro atoms. The van der Waals surface area contributed by atoms with E-state index in [0.29, 0.717) is 22.6 Å². The molecule has 1 aliphatic rings. The Labute approximate surface area is 177 Å². The molecule has 1 atom stereocenters. The highest BCUT2D eigenvalue weighted by atomic mass is 16.5. The summed E-state index contributed by atoms with van der Waals surface area (Å²) in [6.45, 7) is 1.43. The van der Waals surface area contributed by atoms with Gasteiger partial charge in [-0.15, -0.1) is 0 Å². The molecule has 7 heteroatoms. The third-order valence-electron chi connectivity index (χ3n) is 4.78. The van der Waals surface area contributed by atoms with E-state index in [0.717, 1.165) is 6.08 Å². The van der Waals surface area contributed by atoms with Crippen molar-refractivity contribution in [1.82, 2.24) is 0 Å². The Morgan fingerprint density at radius 2 is 1.61 bits per heavy atom. The molecule has 0 bridgehead atoms. The number of esters is 1. The number of carbonyl (C=O) groups excluding carboxylic acids is 4. The molecule has 4 rings (SSSR count). The minimum atomic E-state index is -1.08. The Balaban J connectivity index is 1.45. The third-order valence-corrected chi connectivity index (χ3v) is 4.78. The Bertz CT molecular complexity index is 1220. The van der Waals surface area contributed by atoms with E-state index in [2.05, 4.69) is 5.32 Å². The molecule has 1 aliphatic carbocycles. The van der Waals surface area contributed by atoms with Crippen LogP contribution in [0.1, 0.15) is 44.5 Å². The smallest absolute Gasteiger partial charge is 0.331 e. The second-order valence-electron chi connectivity index (χ2n) is 6.88. The molecule has 0 aliphatic heterocycles. The van der Waals surface area contributed by atoms with Crippen LogP contribution in [-0.4, -0.2) is 29.5 Å². The van der Waals surface area contributed by atoms with Gasteiger partial charge >= 0.3 is 5.97 Å². The summed E-state index contributed by atoms with van der Waals surface area (Å²) in [4.78, 5) is 49.7. The second kappa shape index (κ2) is 8.23. The van der Waals surface area contributed by atoms with E-state index in [1.54, 1.807) is 36.4 Å². The van der Waals surface area contributed by atoms with Gasteiger partial charge in [0.1, 0.15) is 5.76 Å². The molecule has 1 amide bonds. The van der Waals surface area contributed by atoms with Gasteiger partial charge < -0.3 is 14.5 Å². The monoisotopic (exact) mass is 415 g/mol. The van der Waals surface area contributed by atoms with Crippen molar-refractivity contribution in [1.29, 1.82) is 0 Å². The first kappa shape index (κ1) is 20.0. The fourth-order valence-electron chi connectivity index (χ4n) is 3.22. The normalized spacial score (nSPS) is 13.5. The van der Waals surface area contributed by atoms with Crippen molar-refractivity contribution in [3.63, 3.8) is 0 Å². The Morgan fingerprint density at radius 1 is 0.935 bits per heavy atom. The van der Waals surface area contributed by atoms with Crippen LogP contribution in [0.3, 0.4) is 0 Å². The zero-order valence-electron chi connectivity index (χ0n) is 16.5. The molecule has 3 aromatic rings. The fraction of sp³-hybridized carbons (Fsp3) is 0.0833. The molecule has 0 fully saturated rings. The summed E-state index contributed by atoms with van der Waals surface area (Å²) in [5.41, 5.74) is 1.50. The molecule has 1 N–H and O–H groups in total. The van der Waals surface area contributed by atoms with Gasteiger partial charge in [0.2, 0.25) is 0 Å². The number of fused-ring (bicyclic) bond motifs is 2. The van der Waals surface area contributed by atoms with E-state index >= 15 is 0 Å². The summed E-state index contributed by atoms with van der Waals surface area (Å²) in [7, 11) is 0. The topological polar surface area (TPSA) is 103 Å². The maximum atomic E-state index is 12.8. The number of amides is 1. The van der Waals surface area contributed by atoms with E-state index in [9.17, 15) is 19.2 Å². The SMILES string of the molecule is C[C@H](OC(=O)/C=C/c1ccco1)C(=O)Nc1ccc2c(c1)C(=O)c1ccccc1C2=O. The first-order valence-corrected chi connectivity index (χ1v) is 9.49. The number of hydrogen-bond donors (Lipinski definition) is 1. The lowest BCUT2D eigenvalue weighted by molar-refractivity contribution is -0.148. The minimum absolute atomic E-state index is 0.215. The number of furan rings is 1. The molecular formula is C24H17NO6. The van der Waals surface area contributed by atoms with Gasteiger partial charge in [0.25, 0.3) is 5.91 Å². The van der Waals surface area contributed by atoms with Crippen molar-refractivity contribution in [2.24, 2.45) is 0 Å². The highest BCUT2D eigenvalue weighted by Crippen LogP contribution is 2.29. The Morgan fingerprint density at radius 3 is 2.29 bits per heavy atom. The number of ether oxygens (including phenoxy) is 1. The average molecular weight is 415 g/mol. The number of anilines is 1. The van der Waals surface area contributed by atoms with E-state index < -0.39 is 18.0 Å². The lowest BCUT2D eigenvalue weighted by atomic mass is 9.84. The van der Waals surface area contributed by atoms with Gasteiger partial charge in [-0.1, -0.05) is 24.3 Å². The summed E-state index contributed by atoms with van der Waals surface area (Å²) >= 11 is 0. The van der Waals surface area contributed by atoms with Crippen LogP contribution < -0.4 is 5.32 Å². The van der Waals surface area contributed by atoms with Crippen molar-refractivity contribution in [2.45, 2.75) is 13.0 Å². The largest absolute Gasteiger partial charge is 0.465 e. The number of nitrogens with one attached hydrogen (secondary N) is 1. The second-order valence-corrected chi connectivity index (χ2v) is 6.88. The molecule has 0 radical (unpaired) electrons. The molecule has 0 saturated carbocycles. The summed E-state index contributed by atoms with van der Waals surface area (Å²) in [6.07, 6.45) is 2.97. The van der Waals surface area contributed by atoms with Crippen LogP contribution in [0.15, 0.2) is 71.4 Å². The molecule has 31 heavy (non-hydrogen) atoms. The summed E-state index contributed by atoms with van der Waals surface area (Å²) in [5, 5.41) is 2.60. The Hall–Kier alpha value is -4.26. The summed E-state index contributed by atoms with van der Waals surface area (Å²) in [5.74, 6) is -1.34. The molecule has 7 nitrogen and oxygen atoms in total. The highest BCUT2D eigenvalue weighted by molar-refractivity contribution is 6.28. The number of benzene rings is 2. The predicted molar refractivity (Wildman–Crippen MR) is 112 cm³/mol. The summed E-state index contributed by atoms with van der Waals surface area (Å²) < 4.78 is 10.2. The van der Waals surface area contributed by atoms with E-state index in [1.165, 1.54) is 37.5 Å². The Kier molecular flexibility index (Phi) is 5.32. The lowest BCUT2D eigenvalue weighted by Gasteiger charge is -2.18. The van der Waals surface area contributed by atoms with E-state index in [1.807, 2.05) is 0 Å².